The van der Waals surface area contributed by atoms with E-state index in [-0.39, 0.29) is 24.7 Å². The van der Waals surface area contributed by atoms with Crippen molar-refractivity contribution in [2.45, 2.75) is 3.66 Å². The first-order valence-corrected chi connectivity index (χ1v) is 11.3. The average molecular weight is 515 g/mol. The third-order valence-electron chi connectivity index (χ3n) is 3.72. The molecule has 1 aliphatic rings. The van der Waals surface area contributed by atoms with Gasteiger partial charge in [-0.15, -0.1) is 11.3 Å². The Morgan fingerprint density at radius 2 is 2.17 bits per heavy atom. The van der Waals surface area contributed by atoms with Crippen LogP contribution in [0.1, 0.15) is 15.4 Å². The molecule has 0 aliphatic carbocycles. The van der Waals surface area contributed by atoms with Gasteiger partial charge in [-0.3, -0.25) is 4.79 Å². The summed E-state index contributed by atoms with van der Waals surface area (Å²) in [5.74, 6) is -0.395. The number of carbonyl (C=O) groups excluding carboxylic acids is 1. The van der Waals surface area contributed by atoms with Crippen LogP contribution in [0.3, 0.4) is 0 Å². The minimum absolute atomic E-state index is 0.00460. The van der Waals surface area contributed by atoms with E-state index < -0.39 is 13.5 Å². The Bertz CT molecular complexity index is 889. The van der Waals surface area contributed by atoms with Crippen LogP contribution in [-0.4, -0.2) is 43.1 Å². The molecular formula is C14H11Br2ClN2O3S2. The Balaban J connectivity index is 1.93. The quantitative estimate of drug-likeness (QED) is 0.574. The summed E-state index contributed by atoms with van der Waals surface area (Å²) in [5, 5.41) is 2.56. The van der Waals surface area contributed by atoms with E-state index >= 15 is 0 Å². The molecule has 1 aromatic carbocycles. The van der Waals surface area contributed by atoms with Crippen molar-refractivity contribution >= 4 is 70.5 Å². The van der Waals surface area contributed by atoms with Gasteiger partial charge in [-0.2, -0.15) is 0 Å². The Morgan fingerprint density at radius 3 is 2.79 bits per heavy atom. The second kappa shape index (κ2) is 6.68. The van der Waals surface area contributed by atoms with Gasteiger partial charge in [0.05, 0.1) is 17.3 Å². The van der Waals surface area contributed by atoms with E-state index in [0.717, 1.165) is 0 Å². The van der Waals surface area contributed by atoms with Gasteiger partial charge < -0.3 is 4.90 Å². The van der Waals surface area contributed by atoms with Crippen LogP contribution in [0.2, 0.25) is 5.02 Å². The van der Waals surface area contributed by atoms with E-state index in [1.54, 1.807) is 29.8 Å². The Morgan fingerprint density at radius 1 is 1.42 bits per heavy atom. The van der Waals surface area contributed by atoms with Crippen LogP contribution < -0.4 is 0 Å². The molecule has 0 bridgehead atoms. The van der Waals surface area contributed by atoms with E-state index in [2.05, 4.69) is 36.8 Å². The molecule has 1 saturated heterocycles. The van der Waals surface area contributed by atoms with Crippen LogP contribution >= 0.6 is 54.8 Å². The van der Waals surface area contributed by atoms with Crippen molar-refractivity contribution in [2.75, 3.05) is 18.8 Å². The molecule has 5 nitrogen and oxygen atoms in total. The van der Waals surface area contributed by atoms with Gasteiger partial charge in [0.1, 0.15) is 5.01 Å². The van der Waals surface area contributed by atoms with Crippen LogP contribution in [0, 0.1) is 0 Å². The molecule has 0 radical (unpaired) electrons. The number of carbonyl (C=O) groups is 1. The largest absolute Gasteiger partial charge is 0.335 e. The van der Waals surface area contributed by atoms with Gasteiger partial charge in [0.2, 0.25) is 0 Å². The van der Waals surface area contributed by atoms with E-state index in [9.17, 15) is 13.2 Å². The second-order valence-corrected chi connectivity index (χ2v) is 11.6. The third-order valence-corrected chi connectivity index (χ3v) is 10.4. The van der Waals surface area contributed by atoms with Crippen molar-refractivity contribution in [1.29, 1.82) is 0 Å². The fraction of sp³-hybridized carbons (Fsp3) is 0.286. The second-order valence-electron chi connectivity index (χ2n) is 5.24. The van der Waals surface area contributed by atoms with E-state index in [1.807, 2.05) is 0 Å². The van der Waals surface area contributed by atoms with Gasteiger partial charge in [0, 0.05) is 28.2 Å². The summed E-state index contributed by atoms with van der Waals surface area (Å²) >= 11 is 13.9. The van der Waals surface area contributed by atoms with E-state index in [4.69, 9.17) is 11.6 Å². The molecule has 0 spiro atoms. The molecule has 10 heteroatoms. The molecule has 24 heavy (non-hydrogen) atoms. The SMILES string of the molecule is O=C(c1ccc(Br)c(Cl)c1)N1CCS(=O)(=O)C(Br)(c2nccs2)C1. The summed E-state index contributed by atoms with van der Waals surface area (Å²) < 4.78 is 24.4. The number of thiazole rings is 1. The number of sulfone groups is 1. The zero-order valence-corrected chi connectivity index (χ0v) is 17.6. The number of amides is 1. The van der Waals surface area contributed by atoms with Gasteiger partial charge in [-0.1, -0.05) is 27.5 Å². The molecule has 1 unspecified atom stereocenters. The monoisotopic (exact) mass is 512 g/mol. The zero-order valence-electron chi connectivity index (χ0n) is 12.1. The first-order valence-electron chi connectivity index (χ1n) is 6.80. The molecule has 1 aliphatic heterocycles. The normalized spacial score (nSPS) is 23.2. The highest BCUT2D eigenvalue weighted by Crippen LogP contribution is 2.42. The zero-order chi connectivity index (χ0) is 17.5. The maximum absolute atomic E-state index is 12.8. The van der Waals surface area contributed by atoms with E-state index in [1.165, 1.54) is 16.2 Å². The highest BCUT2D eigenvalue weighted by Gasteiger charge is 2.50. The van der Waals surface area contributed by atoms with Crippen LogP contribution in [0.15, 0.2) is 34.2 Å². The van der Waals surface area contributed by atoms with Gasteiger partial charge in [0.25, 0.3) is 5.91 Å². The summed E-state index contributed by atoms with van der Waals surface area (Å²) in [4.78, 5) is 18.4. The lowest BCUT2D eigenvalue weighted by Crippen LogP contribution is -2.52. The Labute approximate surface area is 165 Å². The van der Waals surface area contributed by atoms with Crippen LogP contribution in [0.4, 0.5) is 0 Å². The lowest BCUT2D eigenvalue weighted by atomic mass is 10.2. The van der Waals surface area contributed by atoms with Gasteiger partial charge in [0.15, 0.2) is 13.5 Å². The summed E-state index contributed by atoms with van der Waals surface area (Å²) in [7, 11) is -3.47. The number of nitrogens with zero attached hydrogens (tertiary/aromatic N) is 2. The highest BCUT2D eigenvalue weighted by atomic mass is 79.9. The molecule has 1 amide bonds. The maximum Gasteiger partial charge on any atom is 0.254 e. The molecule has 0 saturated carbocycles. The number of halogens is 3. The lowest BCUT2D eigenvalue weighted by molar-refractivity contribution is 0.0754. The highest BCUT2D eigenvalue weighted by molar-refractivity contribution is 9.11. The summed E-state index contributed by atoms with van der Waals surface area (Å²) in [6.07, 6.45) is 1.55. The smallest absolute Gasteiger partial charge is 0.254 e. The van der Waals surface area contributed by atoms with Crippen molar-refractivity contribution in [3.05, 3.63) is 49.8 Å². The molecule has 2 heterocycles. The van der Waals surface area contributed by atoms with Crippen LogP contribution in [-0.2, 0) is 13.5 Å². The molecule has 1 fully saturated rings. The molecular weight excluding hydrogens is 504 g/mol. The molecule has 3 rings (SSSR count). The molecule has 128 valence electrons. The fourth-order valence-corrected chi connectivity index (χ4v) is 6.60. The number of rotatable bonds is 2. The standard InChI is InChI=1S/C14H11Br2ClN2O3S2/c15-10-2-1-9(7-11(10)17)12(20)19-4-6-24(21,22)14(16,8-19)13-18-3-5-23-13/h1-3,5,7H,4,6,8H2. The Kier molecular flexibility index (Phi) is 5.10. The van der Waals surface area contributed by atoms with Crippen molar-refractivity contribution in [3.63, 3.8) is 0 Å². The van der Waals surface area contributed by atoms with Crippen LogP contribution in [0.5, 0.6) is 0 Å². The van der Waals surface area contributed by atoms with Crippen molar-refractivity contribution < 1.29 is 13.2 Å². The van der Waals surface area contributed by atoms with Gasteiger partial charge in [-0.25, -0.2) is 13.4 Å². The van der Waals surface area contributed by atoms with E-state index in [0.29, 0.717) is 20.1 Å². The summed E-state index contributed by atoms with van der Waals surface area (Å²) in [6, 6.07) is 4.91. The average Bonchev–Trinajstić information content (AvgIpc) is 3.07. The molecule has 1 atom stereocenters. The fourth-order valence-electron chi connectivity index (χ4n) is 2.41. The molecule has 2 aromatic rings. The Hall–Kier alpha value is -0.480. The number of aromatic nitrogens is 1. The maximum atomic E-state index is 12.8. The van der Waals surface area contributed by atoms with Crippen molar-refractivity contribution in [3.8, 4) is 0 Å². The predicted octanol–water partition coefficient (Wildman–Crippen LogP) is 3.68. The molecule has 0 N–H and O–H groups in total. The minimum Gasteiger partial charge on any atom is -0.335 e. The topological polar surface area (TPSA) is 67.3 Å². The summed E-state index contributed by atoms with van der Waals surface area (Å²) in [6.45, 7) is 0.128. The minimum atomic E-state index is -3.47. The predicted molar refractivity (Wildman–Crippen MR) is 102 cm³/mol. The lowest BCUT2D eigenvalue weighted by Gasteiger charge is -2.37. The van der Waals surface area contributed by atoms with Crippen molar-refractivity contribution in [2.24, 2.45) is 0 Å². The van der Waals surface area contributed by atoms with Gasteiger partial charge in [-0.05, 0) is 34.1 Å². The third kappa shape index (κ3) is 3.16. The molecule has 1 aromatic heterocycles. The van der Waals surface area contributed by atoms with Gasteiger partial charge >= 0.3 is 0 Å². The van der Waals surface area contributed by atoms with Crippen LogP contribution in [0.25, 0.3) is 0 Å². The number of hydrogen-bond donors (Lipinski definition) is 0. The number of hydrogen-bond acceptors (Lipinski definition) is 5. The number of alkyl halides is 1. The first kappa shape index (κ1) is 18.3. The van der Waals surface area contributed by atoms with Crippen molar-refractivity contribution in [1.82, 2.24) is 9.88 Å². The summed E-state index contributed by atoms with van der Waals surface area (Å²) in [5.41, 5.74) is 0.413. The number of benzene rings is 1. The first-order chi connectivity index (χ1) is 11.2.